The fourth-order valence-corrected chi connectivity index (χ4v) is 3.69. The van der Waals surface area contributed by atoms with Crippen molar-refractivity contribution in [2.75, 3.05) is 18.9 Å². The summed E-state index contributed by atoms with van der Waals surface area (Å²) in [7, 11) is 0. The quantitative estimate of drug-likeness (QED) is 0.543. The van der Waals surface area contributed by atoms with Gasteiger partial charge in [0.1, 0.15) is 6.61 Å². The highest BCUT2D eigenvalue weighted by Crippen LogP contribution is 2.30. The van der Waals surface area contributed by atoms with Gasteiger partial charge in [0.05, 0.1) is 18.0 Å². The van der Waals surface area contributed by atoms with Crippen LogP contribution in [0, 0.1) is 13.8 Å². The average molecular weight is 455 g/mol. The molecule has 0 saturated carbocycles. The van der Waals surface area contributed by atoms with Gasteiger partial charge in [0, 0.05) is 0 Å². The van der Waals surface area contributed by atoms with Gasteiger partial charge in [0.25, 0.3) is 0 Å². The minimum atomic E-state index is -0.605. The molecule has 1 aromatic heterocycles. The summed E-state index contributed by atoms with van der Waals surface area (Å²) in [4.78, 5) is 24.3. The molecular formula is C21H22N6O4S. The van der Waals surface area contributed by atoms with E-state index < -0.39 is 11.9 Å². The molecule has 0 aliphatic carbocycles. The summed E-state index contributed by atoms with van der Waals surface area (Å²) in [5, 5.41) is 17.0. The van der Waals surface area contributed by atoms with Crippen molar-refractivity contribution < 1.29 is 19.1 Å². The number of aromatic nitrogens is 4. The molecule has 2 heterocycles. The highest BCUT2D eigenvalue weighted by Gasteiger charge is 2.21. The Balaban J connectivity index is 1.24. The molecule has 10 nitrogen and oxygen atoms in total. The zero-order chi connectivity index (χ0) is 22.5. The number of amides is 3. The first kappa shape index (κ1) is 21.6. The summed E-state index contributed by atoms with van der Waals surface area (Å²) in [5.41, 5.74) is 3.07. The van der Waals surface area contributed by atoms with Crippen molar-refractivity contribution >= 4 is 23.7 Å². The maximum atomic E-state index is 12.2. The highest BCUT2D eigenvalue weighted by atomic mass is 32.2. The molecule has 1 aliphatic rings. The Labute approximate surface area is 188 Å². The number of hydrogen-bond acceptors (Lipinski definition) is 8. The number of ether oxygens (including phenoxy) is 2. The second kappa shape index (κ2) is 9.69. The largest absolute Gasteiger partial charge is 0.486 e. The van der Waals surface area contributed by atoms with Crippen molar-refractivity contribution in [2.45, 2.75) is 25.1 Å². The van der Waals surface area contributed by atoms with Gasteiger partial charge in [-0.05, 0) is 59.7 Å². The van der Waals surface area contributed by atoms with Crippen LogP contribution < -0.4 is 20.1 Å². The van der Waals surface area contributed by atoms with Crippen LogP contribution in [0.1, 0.15) is 11.1 Å². The molecule has 2 N–H and O–H groups in total. The van der Waals surface area contributed by atoms with Crippen LogP contribution in [-0.4, -0.2) is 57.2 Å². The Bertz CT molecular complexity index is 1130. The molecule has 32 heavy (non-hydrogen) atoms. The van der Waals surface area contributed by atoms with Crippen LogP contribution in [0.4, 0.5) is 4.79 Å². The SMILES string of the molecule is Cc1ccc(-n2nnnc2SCC(=O)NC(=O)NC[C@H]2COc3ccccc3O2)cc1C. The molecular weight excluding hydrogens is 432 g/mol. The smallest absolute Gasteiger partial charge is 0.321 e. The van der Waals surface area contributed by atoms with E-state index in [1.165, 1.54) is 0 Å². The van der Waals surface area contributed by atoms with Crippen molar-refractivity contribution in [3.8, 4) is 17.2 Å². The minimum Gasteiger partial charge on any atom is -0.486 e. The summed E-state index contributed by atoms with van der Waals surface area (Å²) in [5.74, 6) is 0.812. The van der Waals surface area contributed by atoms with Crippen LogP contribution in [0.5, 0.6) is 11.5 Å². The number of nitrogens with zero attached hydrogens (tertiary/aromatic N) is 4. The van der Waals surface area contributed by atoms with E-state index in [2.05, 4.69) is 26.2 Å². The third-order valence-electron chi connectivity index (χ3n) is 4.82. The number of imide groups is 1. The van der Waals surface area contributed by atoms with Crippen molar-refractivity contribution in [3.63, 3.8) is 0 Å². The van der Waals surface area contributed by atoms with Gasteiger partial charge in [0.15, 0.2) is 17.6 Å². The number of rotatable bonds is 6. The molecule has 3 aromatic rings. The second-order valence-electron chi connectivity index (χ2n) is 7.19. The Morgan fingerprint density at radius 1 is 1.16 bits per heavy atom. The second-order valence-corrected chi connectivity index (χ2v) is 8.13. The molecule has 0 radical (unpaired) electrons. The van der Waals surface area contributed by atoms with E-state index >= 15 is 0 Å². The summed E-state index contributed by atoms with van der Waals surface area (Å²) in [6.07, 6.45) is -0.345. The van der Waals surface area contributed by atoms with E-state index in [0.29, 0.717) is 23.3 Å². The Hall–Kier alpha value is -3.60. The van der Waals surface area contributed by atoms with E-state index in [1.807, 2.05) is 50.2 Å². The number of para-hydroxylation sites is 2. The van der Waals surface area contributed by atoms with E-state index in [-0.39, 0.29) is 18.4 Å². The lowest BCUT2D eigenvalue weighted by molar-refractivity contribution is -0.117. The van der Waals surface area contributed by atoms with Crippen LogP contribution in [0.2, 0.25) is 0 Å². The van der Waals surface area contributed by atoms with Gasteiger partial charge < -0.3 is 14.8 Å². The van der Waals surface area contributed by atoms with E-state index in [9.17, 15) is 9.59 Å². The molecule has 11 heteroatoms. The third-order valence-corrected chi connectivity index (χ3v) is 5.74. The number of carbonyl (C=O) groups is 2. The number of fused-ring (bicyclic) bond motifs is 1. The number of hydrogen-bond donors (Lipinski definition) is 2. The van der Waals surface area contributed by atoms with E-state index in [0.717, 1.165) is 28.6 Å². The van der Waals surface area contributed by atoms with Crippen LogP contribution in [0.15, 0.2) is 47.6 Å². The van der Waals surface area contributed by atoms with Crippen LogP contribution in [0.3, 0.4) is 0 Å². The molecule has 4 rings (SSSR count). The lowest BCUT2D eigenvalue weighted by Gasteiger charge is -2.26. The highest BCUT2D eigenvalue weighted by molar-refractivity contribution is 7.99. The van der Waals surface area contributed by atoms with E-state index in [1.54, 1.807) is 10.7 Å². The first-order valence-corrected chi connectivity index (χ1v) is 10.9. The summed E-state index contributed by atoms with van der Waals surface area (Å²) < 4.78 is 12.9. The standard InChI is InChI=1S/C21H22N6O4S/c1-13-7-8-15(9-14(13)2)27-21(24-25-26-27)32-12-19(28)23-20(29)22-10-16-11-30-17-5-3-4-6-18(17)31-16/h3-9,16H,10-12H2,1-2H3,(H2,22,23,28,29)/t16-/m0/s1. The molecule has 166 valence electrons. The molecule has 1 aliphatic heterocycles. The number of nitrogens with one attached hydrogen (secondary N) is 2. The molecule has 1 atom stereocenters. The normalized spacial score (nSPS) is 14.6. The van der Waals surface area contributed by atoms with E-state index in [4.69, 9.17) is 9.47 Å². The summed E-state index contributed by atoms with van der Waals surface area (Å²) in [6.45, 7) is 4.54. The van der Waals surface area contributed by atoms with Crippen LogP contribution >= 0.6 is 11.8 Å². The number of aryl methyl sites for hydroxylation is 2. The lowest BCUT2D eigenvalue weighted by Crippen LogP contribution is -2.46. The van der Waals surface area contributed by atoms with Crippen LogP contribution in [0.25, 0.3) is 5.69 Å². The lowest BCUT2D eigenvalue weighted by atomic mass is 10.1. The maximum absolute atomic E-state index is 12.2. The number of thioether (sulfide) groups is 1. The third kappa shape index (κ3) is 5.17. The number of benzene rings is 2. The van der Waals surface area contributed by atoms with Gasteiger partial charge in [-0.25, -0.2) is 4.79 Å². The van der Waals surface area contributed by atoms with Crippen LogP contribution in [-0.2, 0) is 4.79 Å². The van der Waals surface area contributed by atoms with Crippen molar-refractivity contribution in [1.82, 2.24) is 30.8 Å². The molecule has 0 bridgehead atoms. The molecule has 0 fully saturated rings. The van der Waals surface area contributed by atoms with Gasteiger partial charge in [0.2, 0.25) is 11.1 Å². The summed E-state index contributed by atoms with van der Waals surface area (Å²) >= 11 is 1.14. The Morgan fingerprint density at radius 3 is 2.78 bits per heavy atom. The fraction of sp³-hybridized carbons (Fsp3) is 0.286. The Kier molecular flexibility index (Phi) is 6.55. The minimum absolute atomic E-state index is 0.0188. The maximum Gasteiger partial charge on any atom is 0.321 e. The zero-order valence-corrected chi connectivity index (χ0v) is 18.4. The van der Waals surface area contributed by atoms with Gasteiger partial charge in [-0.3, -0.25) is 10.1 Å². The number of tetrazole rings is 1. The monoisotopic (exact) mass is 454 g/mol. The summed E-state index contributed by atoms with van der Waals surface area (Å²) in [6, 6.07) is 12.6. The molecule has 0 spiro atoms. The molecule has 0 unspecified atom stereocenters. The molecule has 0 saturated heterocycles. The van der Waals surface area contributed by atoms with Crippen molar-refractivity contribution in [3.05, 3.63) is 53.6 Å². The number of urea groups is 1. The molecule has 3 amide bonds. The number of carbonyl (C=O) groups excluding carboxylic acids is 2. The first-order valence-electron chi connectivity index (χ1n) is 9.94. The topological polar surface area (TPSA) is 120 Å². The average Bonchev–Trinajstić information content (AvgIpc) is 3.26. The van der Waals surface area contributed by atoms with Gasteiger partial charge in [-0.15, -0.1) is 5.10 Å². The Morgan fingerprint density at radius 2 is 1.97 bits per heavy atom. The first-order chi connectivity index (χ1) is 15.5. The van der Waals surface area contributed by atoms with Gasteiger partial charge in [-0.1, -0.05) is 30.0 Å². The zero-order valence-electron chi connectivity index (χ0n) is 17.6. The van der Waals surface area contributed by atoms with Crippen molar-refractivity contribution in [2.24, 2.45) is 0 Å². The fourth-order valence-electron chi connectivity index (χ4n) is 3.00. The predicted molar refractivity (Wildman–Crippen MR) is 117 cm³/mol. The molecule has 2 aromatic carbocycles. The van der Waals surface area contributed by atoms with Gasteiger partial charge >= 0.3 is 6.03 Å². The van der Waals surface area contributed by atoms with Gasteiger partial charge in [-0.2, -0.15) is 4.68 Å². The van der Waals surface area contributed by atoms with Crippen molar-refractivity contribution in [1.29, 1.82) is 0 Å². The predicted octanol–water partition coefficient (Wildman–Crippen LogP) is 2.04.